The van der Waals surface area contributed by atoms with Gasteiger partial charge in [0.15, 0.2) is 0 Å². The lowest BCUT2D eigenvalue weighted by Crippen LogP contribution is -2.45. The Balaban J connectivity index is 1.65. The van der Waals surface area contributed by atoms with Crippen LogP contribution in [-0.2, 0) is 4.79 Å². The second kappa shape index (κ2) is 6.15. The molecule has 0 unspecified atom stereocenters. The monoisotopic (exact) mass is 308 g/mol. The van der Waals surface area contributed by atoms with Gasteiger partial charge in [-0.15, -0.1) is 11.3 Å². The summed E-state index contributed by atoms with van der Waals surface area (Å²) in [5, 5.41) is 12.7. The van der Waals surface area contributed by atoms with Gasteiger partial charge in [-0.05, 0) is 44.2 Å². The quantitative estimate of drug-likeness (QED) is 0.845. The Bertz CT molecular complexity index is 535. The third-order valence-electron chi connectivity index (χ3n) is 4.13. The minimum Gasteiger partial charge on any atom is -0.395 e. The third kappa shape index (κ3) is 3.27. The Labute approximate surface area is 128 Å². The highest BCUT2D eigenvalue weighted by Crippen LogP contribution is 2.32. The number of hydrogen-bond acceptors (Lipinski definition) is 4. The number of nitrogens with one attached hydrogen (secondary N) is 1. The van der Waals surface area contributed by atoms with Gasteiger partial charge in [0.05, 0.1) is 16.5 Å². The van der Waals surface area contributed by atoms with Crippen molar-refractivity contribution < 1.29 is 14.7 Å². The maximum Gasteiger partial charge on any atom is 0.264 e. The average molecular weight is 308 g/mol. The SMILES string of the molecule is O=C(Nc1ccc(C(=O)N(CCO)C2CCC2)s1)C1CC1. The number of thiophene rings is 1. The molecule has 0 spiro atoms. The molecule has 2 amide bonds. The summed E-state index contributed by atoms with van der Waals surface area (Å²) in [6.07, 6.45) is 5.11. The summed E-state index contributed by atoms with van der Waals surface area (Å²) in [7, 11) is 0. The predicted molar refractivity (Wildman–Crippen MR) is 81.4 cm³/mol. The molecule has 6 heteroatoms. The molecule has 3 rings (SSSR count). The standard InChI is InChI=1S/C15H20N2O3S/c18-9-8-17(11-2-1-3-11)15(20)12-6-7-13(21-12)16-14(19)10-4-5-10/h6-7,10-11,18H,1-5,8-9H2,(H,16,19). The molecule has 2 fully saturated rings. The molecule has 0 atom stereocenters. The minimum absolute atomic E-state index is 0.0150. The first kappa shape index (κ1) is 14.5. The number of carbonyl (C=O) groups is 2. The molecule has 1 aromatic rings. The largest absolute Gasteiger partial charge is 0.395 e. The fourth-order valence-corrected chi connectivity index (χ4v) is 3.35. The number of nitrogens with zero attached hydrogens (tertiary/aromatic N) is 1. The summed E-state index contributed by atoms with van der Waals surface area (Å²) in [4.78, 5) is 26.6. The van der Waals surface area contributed by atoms with Crippen LogP contribution >= 0.6 is 11.3 Å². The van der Waals surface area contributed by atoms with Crippen molar-refractivity contribution in [3.63, 3.8) is 0 Å². The van der Waals surface area contributed by atoms with Crippen LogP contribution in [0, 0.1) is 5.92 Å². The lowest BCUT2D eigenvalue weighted by Gasteiger charge is -2.37. The average Bonchev–Trinajstić information content (AvgIpc) is 3.16. The second-order valence-corrected chi connectivity index (χ2v) is 6.82. The van der Waals surface area contributed by atoms with Crippen LogP contribution in [0.5, 0.6) is 0 Å². The van der Waals surface area contributed by atoms with Crippen molar-refractivity contribution >= 4 is 28.2 Å². The van der Waals surface area contributed by atoms with Gasteiger partial charge >= 0.3 is 0 Å². The van der Waals surface area contributed by atoms with Gasteiger partial charge in [0, 0.05) is 18.5 Å². The van der Waals surface area contributed by atoms with Crippen molar-refractivity contribution in [3.8, 4) is 0 Å². The lowest BCUT2D eigenvalue weighted by molar-refractivity contribution is -0.117. The maximum atomic E-state index is 12.5. The van der Waals surface area contributed by atoms with E-state index in [0.29, 0.717) is 11.4 Å². The van der Waals surface area contributed by atoms with Crippen LogP contribution in [0.3, 0.4) is 0 Å². The van der Waals surface area contributed by atoms with Crippen molar-refractivity contribution in [1.82, 2.24) is 4.90 Å². The predicted octanol–water partition coefficient (Wildman–Crippen LogP) is 2.08. The van der Waals surface area contributed by atoms with E-state index in [0.717, 1.165) is 37.1 Å². The summed E-state index contributed by atoms with van der Waals surface area (Å²) < 4.78 is 0. The van der Waals surface area contributed by atoms with Crippen LogP contribution in [0.2, 0.25) is 0 Å². The van der Waals surface area contributed by atoms with E-state index < -0.39 is 0 Å². The number of hydrogen-bond donors (Lipinski definition) is 2. The molecule has 21 heavy (non-hydrogen) atoms. The fourth-order valence-electron chi connectivity index (χ4n) is 2.49. The van der Waals surface area contributed by atoms with E-state index in [1.807, 2.05) is 0 Å². The molecule has 0 aromatic carbocycles. The van der Waals surface area contributed by atoms with E-state index in [1.54, 1.807) is 17.0 Å². The first-order valence-electron chi connectivity index (χ1n) is 7.51. The maximum absolute atomic E-state index is 12.5. The fraction of sp³-hybridized carbons (Fsp3) is 0.600. The molecular formula is C15H20N2O3S. The number of aliphatic hydroxyl groups is 1. The molecule has 1 heterocycles. The molecule has 0 saturated heterocycles. The zero-order valence-corrected chi connectivity index (χ0v) is 12.7. The summed E-state index contributed by atoms with van der Waals surface area (Å²) in [5.74, 6) is 0.180. The molecule has 0 radical (unpaired) electrons. The Hall–Kier alpha value is -1.40. The van der Waals surface area contributed by atoms with Gasteiger partial charge in [0.25, 0.3) is 5.91 Å². The summed E-state index contributed by atoms with van der Waals surface area (Å²) in [5.41, 5.74) is 0. The van der Waals surface area contributed by atoms with E-state index in [4.69, 9.17) is 5.11 Å². The van der Waals surface area contributed by atoms with Crippen LogP contribution in [-0.4, -0.2) is 41.0 Å². The van der Waals surface area contributed by atoms with Crippen molar-refractivity contribution in [3.05, 3.63) is 17.0 Å². The van der Waals surface area contributed by atoms with Gasteiger partial charge < -0.3 is 15.3 Å². The van der Waals surface area contributed by atoms with Crippen molar-refractivity contribution in [2.75, 3.05) is 18.5 Å². The number of carbonyl (C=O) groups excluding carboxylic acids is 2. The summed E-state index contributed by atoms with van der Waals surface area (Å²) >= 11 is 1.32. The van der Waals surface area contributed by atoms with E-state index in [-0.39, 0.29) is 30.4 Å². The summed E-state index contributed by atoms with van der Waals surface area (Å²) in [6, 6.07) is 3.81. The lowest BCUT2D eigenvalue weighted by atomic mass is 9.91. The van der Waals surface area contributed by atoms with Gasteiger partial charge in [-0.3, -0.25) is 9.59 Å². The number of amides is 2. The minimum atomic E-state index is -0.0364. The smallest absolute Gasteiger partial charge is 0.264 e. The van der Waals surface area contributed by atoms with E-state index in [1.165, 1.54) is 11.3 Å². The first-order valence-corrected chi connectivity index (χ1v) is 8.33. The van der Waals surface area contributed by atoms with Gasteiger partial charge in [-0.25, -0.2) is 0 Å². The van der Waals surface area contributed by atoms with Crippen LogP contribution in [0.1, 0.15) is 41.8 Å². The Morgan fingerprint density at radius 2 is 2.05 bits per heavy atom. The summed E-state index contributed by atoms with van der Waals surface area (Å²) in [6.45, 7) is 0.365. The van der Waals surface area contributed by atoms with Gasteiger partial charge in [-0.2, -0.15) is 0 Å². The van der Waals surface area contributed by atoms with Crippen LogP contribution in [0.25, 0.3) is 0 Å². The normalized spacial score (nSPS) is 18.1. The molecule has 1 aromatic heterocycles. The zero-order chi connectivity index (χ0) is 14.8. The Kier molecular flexibility index (Phi) is 4.26. The van der Waals surface area contributed by atoms with E-state index in [2.05, 4.69) is 5.32 Å². The van der Waals surface area contributed by atoms with Crippen molar-refractivity contribution in [2.45, 2.75) is 38.1 Å². The molecule has 114 valence electrons. The molecule has 5 nitrogen and oxygen atoms in total. The zero-order valence-electron chi connectivity index (χ0n) is 11.9. The molecule has 2 N–H and O–H groups in total. The number of rotatable bonds is 6. The molecule has 0 aliphatic heterocycles. The second-order valence-electron chi connectivity index (χ2n) is 5.73. The third-order valence-corrected chi connectivity index (χ3v) is 5.12. The number of anilines is 1. The van der Waals surface area contributed by atoms with E-state index >= 15 is 0 Å². The number of aliphatic hydroxyl groups excluding tert-OH is 1. The van der Waals surface area contributed by atoms with Crippen molar-refractivity contribution in [1.29, 1.82) is 0 Å². The van der Waals surface area contributed by atoms with Gasteiger partial charge in [0.1, 0.15) is 0 Å². The van der Waals surface area contributed by atoms with Gasteiger partial charge in [-0.1, -0.05) is 0 Å². The van der Waals surface area contributed by atoms with Crippen LogP contribution < -0.4 is 5.32 Å². The Morgan fingerprint density at radius 1 is 1.29 bits per heavy atom. The topological polar surface area (TPSA) is 69.6 Å². The van der Waals surface area contributed by atoms with E-state index in [9.17, 15) is 9.59 Å². The molecule has 2 aliphatic carbocycles. The first-order chi connectivity index (χ1) is 10.2. The van der Waals surface area contributed by atoms with Gasteiger partial charge in [0.2, 0.25) is 5.91 Å². The molecular weight excluding hydrogens is 288 g/mol. The molecule has 2 aliphatic rings. The highest BCUT2D eigenvalue weighted by Gasteiger charge is 2.31. The Morgan fingerprint density at radius 3 is 2.62 bits per heavy atom. The van der Waals surface area contributed by atoms with Crippen LogP contribution in [0.4, 0.5) is 5.00 Å². The van der Waals surface area contributed by atoms with Crippen LogP contribution in [0.15, 0.2) is 12.1 Å². The highest BCUT2D eigenvalue weighted by molar-refractivity contribution is 7.18. The highest BCUT2D eigenvalue weighted by atomic mass is 32.1. The van der Waals surface area contributed by atoms with Crippen molar-refractivity contribution in [2.24, 2.45) is 5.92 Å². The molecule has 2 saturated carbocycles. The molecule has 0 bridgehead atoms.